The zero-order valence-corrected chi connectivity index (χ0v) is 7.05. The molecule has 11 heavy (non-hydrogen) atoms. The third kappa shape index (κ3) is 5.78. The summed E-state index contributed by atoms with van der Waals surface area (Å²) in [6.07, 6.45) is 0. The van der Waals surface area contributed by atoms with E-state index < -0.39 is 0 Å². The van der Waals surface area contributed by atoms with Gasteiger partial charge in [-0.1, -0.05) is 0 Å². The molecule has 0 spiro atoms. The summed E-state index contributed by atoms with van der Waals surface area (Å²) >= 11 is 0. The Bertz CT molecular complexity index is 117. The predicted molar refractivity (Wildman–Crippen MR) is 43.8 cm³/mol. The van der Waals surface area contributed by atoms with E-state index in [0.717, 1.165) is 13.1 Å². The Hall–Kier alpha value is -0.650. The first-order valence-corrected chi connectivity index (χ1v) is 3.53. The SMILES string of the molecule is CNCCN(C)CC(=O)NN. The molecule has 5 nitrogen and oxygen atoms in total. The van der Waals surface area contributed by atoms with Gasteiger partial charge in [-0.25, -0.2) is 5.84 Å². The average molecular weight is 160 g/mol. The summed E-state index contributed by atoms with van der Waals surface area (Å²) in [7, 11) is 3.74. The van der Waals surface area contributed by atoms with E-state index in [-0.39, 0.29) is 5.91 Å². The third-order valence-corrected chi connectivity index (χ3v) is 1.32. The molecule has 0 unspecified atom stereocenters. The molecule has 0 radical (unpaired) electrons. The van der Waals surface area contributed by atoms with Crippen LogP contribution >= 0.6 is 0 Å². The van der Waals surface area contributed by atoms with Crippen LogP contribution < -0.4 is 16.6 Å². The minimum absolute atomic E-state index is 0.163. The summed E-state index contributed by atoms with van der Waals surface area (Å²) in [5, 5.41) is 2.99. The number of rotatable bonds is 5. The van der Waals surface area contributed by atoms with Gasteiger partial charge in [0.25, 0.3) is 0 Å². The van der Waals surface area contributed by atoms with Crippen LogP contribution in [0.3, 0.4) is 0 Å². The Balaban J connectivity index is 3.35. The van der Waals surface area contributed by atoms with Crippen LogP contribution in [0.5, 0.6) is 0 Å². The molecular weight excluding hydrogens is 144 g/mol. The lowest BCUT2D eigenvalue weighted by atomic mass is 10.5. The minimum Gasteiger partial charge on any atom is -0.318 e. The lowest BCUT2D eigenvalue weighted by Gasteiger charge is -2.14. The van der Waals surface area contributed by atoms with Crippen molar-refractivity contribution < 1.29 is 4.79 Å². The normalized spacial score (nSPS) is 10.2. The molecule has 5 heteroatoms. The smallest absolute Gasteiger partial charge is 0.248 e. The number of hydrogen-bond donors (Lipinski definition) is 3. The van der Waals surface area contributed by atoms with Gasteiger partial charge in [-0.05, 0) is 14.1 Å². The molecular formula is C6H16N4O. The molecule has 0 rings (SSSR count). The second-order valence-corrected chi connectivity index (χ2v) is 2.41. The van der Waals surface area contributed by atoms with E-state index in [9.17, 15) is 4.79 Å². The molecule has 0 aliphatic heterocycles. The van der Waals surface area contributed by atoms with Crippen LogP contribution in [0.1, 0.15) is 0 Å². The van der Waals surface area contributed by atoms with Gasteiger partial charge in [0, 0.05) is 13.1 Å². The van der Waals surface area contributed by atoms with Gasteiger partial charge in [0.15, 0.2) is 0 Å². The van der Waals surface area contributed by atoms with Crippen molar-refractivity contribution in [1.82, 2.24) is 15.6 Å². The fourth-order valence-electron chi connectivity index (χ4n) is 0.673. The maximum absolute atomic E-state index is 10.7. The lowest BCUT2D eigenvalue weighted by Crippen LogP contribution is -2.40. The first-order chi connectivity index (χ1) is 5.20. The van der Waals surface area contributed by atoms with Crippen molar-refractivity contribution in [2.75, 3.05) is 33.7 Å². The standard InChI is InChI=1S/C6H16N4O/c1-8-3-4-10(2)5-6(11)9-7/h8H,3-5,7H2,1-2H3,(H,9,11). The summed E-state index contributed by atoms with van der Waals surface area (Å²) in [6.45, 7) is 2.05. The van der Waals surface area contributed by atoms with Gasteiger partial charge >= 0.3 is 0 Å². The summed E-state index contributed by atoms with van der Waals surface area (Å²) in [5.41, 5.74) is 2.07. The van der Waals surface area contributed by atoms with Gasteiger partial charge in [-0.15, -0.1) is 0 Å². The second kappa shape index (κ2) is 6.09. The number of nitrogens with zero attached hydrogens (tertiary/aromatic N) is 1. The number of hydrogen-bond acceptors (Lipinski definition) is 4. The minimum atomic E-state index is -0.163. The zero-order chi connectivity index (χ0) is 8.69. The lowest BCUT2D eigenvalue weighted by molar-refractivity contribution is -0.122. The fraction of sp³-hybridized carbons (Fsp3) is 0.833. The van der Waals surface area contributed by atoms with Crippen molar-refractivity contribution in [3.63, 3.8) is 0 Å². The highest BCUT2D eigenvalue weighted by Gasteiger charge is 2.02. The predicted octanol–water partition coefficient (Wildman–Crippen LogP) is -1.87. The summed E-state index contributed by atoms with van der Waals surface area (Å²) in [5.74, 6) is 4.74. The van der Waals surface area contributed by atoms with E-state index in [1.807, 2.05) is 19.0 Å². The summed E-state index contributed by atoms with van der Waals surface area (Å²) < 4.78 is 0. The van der Waals surface area contributed by atoms with Crippen molar-refractivity contribution in [3.05, 3.63) is 0 Å². The molecule has 0 aromatic carbocycles. The highest BCUT2D eigenvalue weighted by molar-refractivity contribution is 5.77. The summed E-state index contributed by atoms with van der Waals surface area (Å²) in [4.78, 5) is 12.6. The van der Waals surface area contributed by atoms with Crippen LogP contribution in [0.4, 0.5) is 0 Å². The van der Waals surface area contributed by atoms with Gasteiger partial charge in [-0.2, -0.15) is 0 Å². The first-order valence-electron chi connectivity index (χ1n) is 3.53. The van der Waals surface area contributed by atoms with Gasteiger partial charge in [-0.3, -0.25) is 15.1 Å². The van der Waals surface area contributed by atoms with Gasteiger partial charge in [0.05, 0.1) is 6.54 Å². The number of amides is 1. The first kappa shape index (κ1) is 10.3. The van der Waals surface area contributed by atoms with Gasteiger partial charge < -0.3 is 5.32 Å². The monoisotopic (exact) mass is 160 g/mol. The molecule has 0 fully saturated rings. The van der Waals surface area contributed by atoms with Crippen molar-refractivity contribution in [1.29, 1.82) is 0 Å². The molecule has 0 aliphatic carbocycles. The molecule has 1 amide bonds. The van der Waals surface area contributed by atoms with Crippen molar-refractivity contribution in [2.24, 2.45) is 5.84 Å². The molecule has 0 aromatic heterocycles. The van der Waals surface area contributed by atoms with Crippen molar-refractivity contribution >= 4 is 5.91 Å². The topological polar surface area (TPSA) is 70.4 Å². The van der Waals surface area contributed by atoms with Gasteiger partial charge in [0.1, 0.15) is 0 Å². The van der Waals surface area contributed by atoms with Crippen LogP contribution in [0.2, 0.25) is 0 Å². The van der Waals surface area contributed by atoms with Crippen LogP contribution in [-0.2, 0) is 4.79 Å². The van der Waals surface area contributed by atoms with E-state index in [1.165, 1.54) is 0 Å². The van der Waals surface area contributed by atoms with Crippen molar-refractivity contribution in [3.8, 4) is 0 Å². The second-order valence-electron chi connectivity index (χ2n) is 2.41. The Morgan fingerprint density at radius 3 is 2.73 bits per heavy atom. The number of likely N-dealkylation sites (N-methyl/N-ethyl adjacent to an activating group) is 2. The van der Waals surface area contributed by atoms with Crippen molar-refractivity contribution in [2.45, 2.75) is 0 Å². The molecule has 4 N–H and O–H groups in total. The molecule has 0 aliphatic rings. The molecule has 0 atom stereocenters. The molecule has 0 bridgehead atoms. The number of nitrogens with one attached hydrogen (secondary N) is 2. The Morgan fingerprint density at radius 1 is 1.64 bits per heavy atom. The molecule has 0 aromatic rings. The van der Waals surface area contributed by atoms with Crippen LogP contribution in [0.25, 0.3) is 0 Å². The van der Waals surface area contributed by atoms with E-state index in [4.69, 9.17) is 5.84 Å². The Kier molecular flexibility index (Phi) is 5.73. The zero-order valence-electron chi connectivity index (χ0n) is 7.05. The average Bonchev–Trinajstić information content (AvgIpc) is 2.00. The summed E-state index contributed by atoms with van der Waals surface area (Å²) in [6, 6.07) is 0. The van der Waals surface area contributed by atoms with E-state index in [0.29, 0.717) is 6.54 Å². The van der Waals surface area contributed by atoms with Crippen LogP contribution in [0.15, 0.2) is 0 Å². The highest BCUT2D eigenvalue weighted by Crippen LogP contribution is 1.78. The third-order valence-electron chi connectivity index (χ3n) is 1.32. The number of carbonyl (C=O) groups is 1. The number of nitrogens with two attached hydrogens (primary N) is 1. The Morgan fingerprint density at radius 2 is 2.27 bits per heavy atom. The van der Waals surface area contributed by atoms with E-state index in [2.05, 4.69) is 10.7 Å². The highest BCUT2D eigenvalue weighted by atomic mass is 16.2. The maximum atomic E-state index is 10.7. The molecule has 0 saturated carbocycles. The maximum Gasteiger partial charge on any atom is 0.248 e. The van der Waals surface area contributed by atoms with E-state index >= 15 is 0 Å². The number of hydrazine groups is 1. The molecule has 0 saturated heterocycles. The van der Waals surface area contributed by atoms with Gasteiger partial charge in [0.2, 0.25) is 5.91 Å². The quantitative estimate of drug-likeness (QED) is 0.250. The Labute approximate surface area is 66.9 Å². The van der Waals surface area contributed by atoms with Crippen LogP contribution in [-0.4, -0.2) is 44.5 Å². The number of carbonyl (C=O) groups excluding carboxylic acids is 1. The fourth-order valence-corrected chi connectivity index (χ4v) is 0.673. The van der Waals surface area contributed by atoms with E-state index in [1.54, 1.807) is 0 Å². The molecule has 66 valence electrons. The van der Waals surface area contributed by atoms with Crippen LogP contribution in [0, 0.1) is 0 Å². The largest absolute Gasteiger partial charge is 0.318 e. The molecule has 0 heterocycles.